The number of carbonyl (C=O) groups excluding carboxylic acids is 2. The van der Waals surface area contributed by atoms with Gasteiger partial charge in [-0.2, -0.15) is 13.2 Å². The molecule has 0 saturated heterocycles. The number of benzene rings is 1. The molecule has 1 aromatic carbocycles. The first-order chi connectivity index (χ1) is 12.8. The Bertz CT molecular complexity index is 849. The number of nitrogens with one attached hydrogen (secondary N) is 2. The number of hydrogen-bond donors (Lipinski definition) is 2. The number of halogens is 3. The molecule has 1 aromatic heterocycles. The zero-order valence-electron chi connectivity index (χ0n) is 14.6. The van der Waals surface area contributed by atoms with Crippen LogP contribution in [0.25, 0.3) is 11.0 Å². The van der Waals surface area contributed by atoms with Crippen LogP contribution in [0.4, 0.5) is 18.0 Å². The summed E-state index contributed by atoms with van der Waals surface area (Å²) in [6, 6.07) is 2.72. The molecule has 0 bridgehead atoms. The summed E-state index contributed by atoms with van der Waals surface area (Å²) in [7, 11) is 0. The maximum Gasteiger partial charge on any atom is 0.416 e. The first kappa shape index (κ1) is 20.8. The van der Waals surface area contributed by atoms with Gasteiger partial charge >= 0.3 is 12.2 Å². The predicted molar refractivity (Wildman–Crippen MR) is 97.5 cm³/mol. The molecule has 0 unspecified atom stereocenters. The van der Waals surface area contributed by atoms with Gasteiger partial charge in [-0.15, -0.1) is 6.58 Å². The monoisotopic (exact) mass is 400 g/mol. The Morgan fingerprint density at radius 3 is 2.74 bits per heavy atom. The average Bonchev–Trinajstić information content (AvgIpc) is 2.95. The van der Waals surface area contributed by atoms with Crippen molar-refractivity contribution >= 4 is 34.7 Å². The largest absolute Gasteiger partial charge is 0.416 e. The maximum absolute atomic E-state index is 13.0. The summed E-state index contributed by atoms with van der Waals surface area (Å²) in [5.74, 6) is -0.631. The highest BCUT2D eigenvalue weighted by molar-refractivity contribution is 7.99. The lowest BCUT2D eigenvalue weighted by molar-refractivity contribution is -0.137. The molecule has 1 heterocycles. The molecule has 3 amide bonds. The number of aryl methyl sites for hydroxylation is 1. The molecule has 0 spiro atoms. The molecule has 0 atom stereocenters. The zero-order chi connectivity index (χ0) is 20.0. The van der Waals surface area contributed by atoms with Gasteiger partial charge in [0, 0.05) is 13.1 Å². The quantitative estimate of drug-likeness (QED) is 0.550. The Morgan fingerprint density at radius 2 is 2.11 bits per heavy atom. The third kappa shape index (κ3) is 5.49. The van der Waals surface area contributed by atoms with E-state index < -0.39 is 23.7 Å². The van der Waals surface area contributed by atoms with E-state index in [0.29, 0.717) is 29.2 Å². The number of alkyl halides is 3. The molecule has 2 N–H and O–H groups in total. The molecule has 0 radical (unpaired) electrons. The second-order valence-electron chi connectivity index (χ2n) is 5.58. The molecule has 2 rings (SSSR count). The molecule has 0 saturated carbocycles. The van der Waals surface area contributed by atoms with Crippen LogP contribution in [0, 0.1) is 0 Å². The van der Waals surface area contributed by atoms with Crippen LogP contribution in [0.2, 0.25) is 0 Å². The van der Waals surface area contributed by atoms with E-state index >= 15 is 0 Å². The van der Waals surface area contributed by atoms with Crippen molar-refractivity contribution < 1.29 is 22.8 Å². The lowest BCUT2D eigenvalue weighted by Crippen LogP contribution is -2.40. The molecular formula is C17H19F3N4O2S. The smallest absolute Gasteiger partial charge is 0.334 e. The van der Waals surface area contributed by atoms with Crippen molar-refractivity contribution in [3.8, 4) is 0 Å². The fourth-order valence-electron chi connectivity index (χ4n) is 2.33. The summed E-state index contributed by atoms with van der Waals surface area (Å²) in [6.07, 6.45) is -2.28. The maximum atomic E-state index is 13.0. The summed E-state index contributed by atoms with van der Waals surface area (Å²) in [4.78, 5) is 27.6. The minimum atomic E-state index is -4.44. The average molecular weight is 400 g/mol. The van der Waals surface area contributed by atoms with Crippen LogP contribution in [-0.2, 0) is 17.5 Å². The normalized spacial score (nSPS) is 11.4. The number of urea groups is 1. The summed E-state index contributed by atoms with van der Waals surface area (Å²) >= 11 is 1.06. The van der Waals surface area contributed by atoms with E-state index in [1.807, 2.05) is 6.92 Å². The van der Waals surface area contributed by atoms with Crippen LogP contribution < -0.4 is 10.6 Å². The van der Waals surface area contributed by atoms with Gasteiger partial charge in [0.25, 0.3) is 0 Å². The Kier molecular flexibility index (Phi) is 6.89. The number of imide groups is 1. The Balaban J connectivity index is 2.17. The van der Waals surface area contributed by atoms with Crippen LogP contribution in [-0.4, -0.2) is 33.8 Å². The molecule has 6 nitrogen and oxygen atoms in total. The molecular weight excluding hydrogens is 381 g/mol. The van der Waals surface area contributed by atoms with Gasteiger partial charge < -0.3 is 9.88 Å². The van der Waals surface area contributed by atoms with Gasteiger partial charge in [-0.1, -0.05) is 24.8 Å². The summed E-state index contributed by atoms with van der Waals surface area (Å²) in [5.41, 5.74) is 0.0295. The molecule has 2 aromatic rings. The Labute approximate surface area is 158 Å². The number of nitrogens with zero attached hydrogens (tertiary/aromatic N) is 2. The highest BCUT2D eigenvalue weighted by Gasteiger charge is 2.31. The minimum Gasteiger partial charge on any atom is -0.334 e. The van der Waals surface area contributed by atoms with Gasteiger partial charge in [0.2, 0.25) is 5.91 Å². The van der Waals surface area contributed by atoms with Gasteiger partial charge in [-0.3, -0.25) is 10.1 Å². The fraction of sp³-hybridized carbons (Fsp3) is 0.353. The predicted octanol–water partition coefficient (Wildman–Crippen LogP) is 3.57. The van der Waals surface area contributed by atoms with Crippen molar-refractivity contribution in [1.29, 1.82) is 0 Å². The van der Waals surface area contributed by atoms with Gasteiger partial charge in [0.05, 0.1) is 22.3 Å². The molecule has 0 aliphatic carbocycles. The molecule has 0 aliphatic rings. The van der Waals surface area contributed by atoms with Gasteiger partial charge in [0.1, 0.15) is 0 Å². The number of hydrogen-bond acceptors (Lipinski definition) is 4. The molecule has 0 aliphatic heterocycles. The Morgan fingerprint density at radius 1 is 1.37 bits per heavy atom. The minimum absolute atomic E-state index is 0.0966. The van der Waals surface area contributed by atoms with Crippen molar-refractivity contribution in [1.82, 2.24) is 20.2 Å². The standard InChI is InChI=1S/C17H19F3N4O2S/c1-3-7-21-15(26)23-14(25)10-27-16-22-12-6-5-11(17(18,19)20)9-13(12)24(16)8-4-2/h3,5-6,9H,1,4,7-8,10H2,2H3,(H2,21,23,25,26). The topological polar surface area (TPSA) is 76.0 Å². The van der Waals surface area contributed by atoms with Crippen molar-refractivity contribution in [2.75, 3.05) is 12.3 Å². The third-order valence-corrected chi connectivity index (χ3v) is 4.46. The van der Waals surface area contributed by atoms with Crippen molar-refractivity contribution in [2.24, 2.45) is 0 Å². The summed E-state index contributed by atoms with van der Waals surface area (Å²) in [5, 5.41) is 4.99. The van der Waals surface area contributed by atoms with Crippen LogP contribution in [0.1, 0.15) is 18.9 Å². The summed E-state index contributed by atoms with van der Waals surface area (Å²) < 4.78 is 40.6. The third-order valence-electron chi connectivity index (χ3n) is 3.48. The SMILES string of the molecule is C=CCNC(=O)NC(=O)CSc1nc2ccc(C(F)(F)F)cc2n1CCC. The number of amides is 3. The highest BCUT2D eigenvalue weighted by atomic mass is 32.2. The number of aromatic nitrogens is 2. The lowest BCUT2D eigenvalue weighted by atomic mass is 10.2. The molecule has 0 fully saturated rings. The van der Waals surface area contributed by atoms with E-state index in [1.54, 1.807) is 4.57 Å². The van der Waals surface area contributed by atoms with Gasteiger partial charge in [0.15, 0.2) is 5.16 Å². The fourth-order valence-corrected chi connectivity index (χ4v) is 3.17. The van der Waals surface area contributed by atoms with E-state index in [-0.39, 0.29) is 12.3 Å². The number of carbonyl (C=O) groups is 2. The number of rotatable bonds is 7. The number of imidazole rings is 1. The highest BCUT2D eigenvalue weighted by Crippen LogP contribution is 2.33. The van der Waals surface area contributed by atoms with E-state index in [9.17, 15) is 22.8 Å². The van der Waals surface area contributed by atoms with Gasteiger partial charge in [-0.05, 0) is 24.6 Å². The zero-order valence-corrected chi connectivity index (χ0v) is 15.4. The number of fused-ring (bicyclic) bond motifs is 1. The molecule has 27 heavy (non-hydrogen) atoms. The van der Waals surface area contributed by atoms with E-state index in [4.69, 9.17) is 0 Å². The van der Waals surface area contributed by atoms with E-state index in [0.717, 1.165) is 23.9 Å². The van der Waals surface area contributed by atoms with Crippen molar-refractivity contribution in [2.45, 2.75) is 31.2 Å². The van der Waals surface area contributed by atoms with Crippen LogP contribution in [0.3, 0.4) is 0 Å². The Hall–Kier alpha value is -2.49. The van der Waals surface area contributed by atoms with Crippen LogP contribution >= 0.6 is 11.8 Å². The second kappa shape index (κ2) is 8.94. The first-order valence-electron chi connectivity index (χ1n) is 8.15. The first-order valence-corrected chi connectivity index (χ1v) is 9.13. The van der Waals surface area contributed by atoms with Crippen molar-refractivity contribution in [3.63, 3.8) is 0 Å². The number of thioether (sulfide) groups is 1. The van der Waals surface area contributed by atoms with Crippen molar-refractivity contribution in [3.05, 3.63) is 36.4 Å². The van der Waals surface area contributed by atoms with E-state index in [1.165, 1.54) is 12.1 Å². The van der Waals surface area contributed by atoms with Gasteiger partial charge in [-0.25, -0.2) is 9.78 Å². The second-order valence-corrected chi connectivity index (χ2v) is 6.53. The van der Waals surface area contributed by atoms with Crippen LogP contribution in [0.15, 0.2) is 36.0 Å². The summed E-state index contributed by atoms with van der Waals surface area (Å²) in [6.45, 7) is 6.02. The molecule has 146 valence electrons. The lowest BCUT2D eigenvalue weighted by Gasteiger charge is -2.09. The van der Waals surface area contributed by atoms with E-state index in [2.05, 4.69) is 22.2 Å². The molecule has 10 heteroatoms. The van der Waals surface area contributed by atoms with Crippen LogP contribution in [0.5, 0.6) is 0 Å².